The van der Waals surface area contributed by atoms with E-state index in [1.54, 1.807) is 13.0 Å². The van der Waals surface area contributed by atoms with E-state index in [9.17, 15) is 22.7 Å². The van der Waals surface area contributed by atoms with Crippen molar-refractivity contribution in [1.29, 1.82) is 0 Å². The molecule has 6 heteroatoms. The van der Waals surface area contributed by atoms with Crippen LogP contribution in [0.5, 0.6) is 0 Å². The Hall–Kier alpha value is -1.95. The maximum Gasteiger partial charge on any atom is 0.419 e. The van der Waals surface area contributed by atoms with E-state index in [0.29, 0.717) is 23.4 Å². The lowest BCUT2D eigenvalue weighted by molar-refractivity contribution is -0.140. The second kappa shape index (κ2) is 5.20. The quantitative estimate of drug-likeness (QED) is 0.855. The van der Waals surface area contributed by atoms with Gasteiger partial charge in [-0.15, -0.1) is 0 Å². The van der Waals surface area contributed by atoms with Gasteiger partial charge in [0.25, 0.3) is 0 Å². The van der Waals surface area contributed by atoms with Crippen LogP contribution in [0.15, 0.2) is 36.5 Å². The fraction of sp³-hybridized carbons (Fsp3) is 0.214. The van der Waals surface area contributed by atoms with Gasteiger partial charge in [0.15, 0.2) is 0 Å². The van der Waals surface area contributed by atoms with Crippen molar-refractivity contribution in [3.8, 4) is 0 Å². The molecule has 106 valence electrons. The smallest absolute Gasteiger partial charge is 0.384 e. The zero-order chi connectivity index (χ0) is 14.9. The van der Waals surface area contributed by atoms with Gasteiger partial charge in [0.2, 0.25) is 0 Å². The Morgan fingerprint density at radius 2 is 1.75 bits per heavy atom. The highest BCUT2D eigenvalue weighted by atomic mass is 19.4. The van der Waals surface area contributed by atoms with Crippen LogP contribution >= 0.6 is 0 Å². The summed E-state index contributed by atoms with van der Waals surface area (Å²) in [6.07, 6.45) is -4.48. The van der Waals surface area contributed by atoms with Crippen molar-refractivity contribution in [3.05, 3.63) is 64.7 Å². The lowest BCUT2D eigenvalue weighted by atomic mass is 10.00. The molecule has 2 aromatic rings. The highest BCUT2D eigenvalue weighted by Gasteiger charge is 2.34. The third-order valence-electron chi connectivity index (χ3n) is 2.85. The molecular weight excluding hydrogens is 274 g/mol. The summed E-state index contributed by atoms with van der Waals surface area (Å²) in [6, 6.07) is 5.49. The largest absolute Gasteiger partial charge is 0.419 e. The maximum atomic E-state index is 13.5. The second-order valence-electron chi connectivity index (χ2n) is 4.37. The van der Waals surface area contributed by atoms with E-state index < -0.39 is 23.7 Å². The number of aliphatic hydroxyl groups is 1. The van der Waals surface area contributed by atoms with Crippen LogP contribution in [0.2, 0.25) is 0 Å². The number of halogens is 4. The van der Waals surface area contributed by atoms with Crippen LogP contribution in [0.25, 0.3) is 0 Å². The van der Waals surface area contributed by atoms with Gasteiger partial charge in [0, 0.05) is 11.9 Å². The number of hydrogen-bond donors (Lipinski definition) is 1. The molecular formula is C14H11F4NO. The van der Waals surface area contributed by atoms with Crippen LogP contribution in [-0.2, 0) is 6.18 Å². The minimum atomic E-state index is -4.75. The van der Waals surface area contributed by atoms with Gasteiger partial charge >= 0.3 is 6.18 Å². The van der Waals surface area contributed by atoms with Crippen LogP contribution < -0.4 is 0 Å². The van der Waals surface area contributed by atoms with Crippen molar-refractivity contribution in [2.24, 2.45) is 0 Å². The molecule has 1 unspecified atom stereocenters. The number of benzene rings is 1. The summed E-state index contributed by atoms with van der Waals surface area (Å²) in [4.78, 5) is 3.95. The van der Waals surface area contributed by atoms with Crippen LogP contribution in [-0.4, -0.2) is 10.1 Å². The molecule has 0 radical (unpaired) electrons. The fourth-order valence-corrected chi connectivity index (χ4v) is 1.86. The molecule has 0 aliphatic rings. The Labute approximate surface area is 112 Å². The SMILES string of the molecule is Cc1cc(C(O)c2ccc(C(F)(F)F)c(F)c2)ccn1. The summed E-state index contributed by atoms with van der Waals surface area (Å²) in [5.74, 6) is -1.40. The summed E-state index contributed by atoms with van der Waals surface area (Å²) >= 11 is 0. The highest BCUT2D eigenvalue weighted by molar-refractivity contribution is 5.33. The number of aromatic nitrogens is 1. The van der Waals surface area contributed by atoms with Gasteiger partial charge in [-0.05, 0) is 42.3 Å². The summed E-state index contributed by atoms with van der Waals surface area (Å²) in [5.41, 5.74) is -0.203. The van der Waals surface area contributed by atoms with E-state index >= 15 is 0 Å². The molecule has 0 fully saturated rings. The predicted molar refractivity (Wildman–Crippen MR) is 64.4 cm³/mol. The van der Waals surface area contributed by atoms with Gasteiger partial charge in [-0.25, -0.2) is 4.39 Å². The van der Waals surface area contributed by atoms with E-state index in [-0.39, 0.29) is 5.56 Å². The number of aryl methyl sites for hydroxylation is 1. The number of alkyl halides is 3. The first-order valence-electron chi connectivity index (χ1n) is 5.76. The van der Waals surface area contributed by atoms with Crippen molar-refractivity contribution in [2.45, 2.75) is 19.2 Å². The average molecular weight is 285 g/mol. The van der Waals surface area contributed by atoms with Crippen molar-refractivity contribution < 1.29 is 22.7 Å². The predicted octanol–water partition coefficient (Wildman–Crippen LogP) is 3.63. The van der Waals surface area contributed by atoms with Gasteiger partial charge in [0.1, 0.15) is 11.9 Å². The van der Waals surface area contributed by atoms with Gasteiger partial charge in [-0.3, -0.25) is 4.98 Å². The lowest BCUT2D eigenvalue weighted by Gasteiger charge is -2.14. The molecule has 1 N–H and O–H groups in total. The van der Waals surface area contributed by atoms with Crippen LogP contribution in [0, 0.1) is 12.7 Å². The normalized spacial score (nSPS) is 13.3. The average Bonchev–Trinajstić information content (AvgIpc) is 2.36. The van der Waals surface area contributed by atoms with Crippen LogP contribution in [0.1, 0.15) is 28.5 Å². The highest BCUT2D eigenvalue weighted by Crippen LogP contribution is 2.33. The van der Waals surface area contributed by atoms with Gasteiger partial charge < -0.3 is 5.11 Å². The van der Waals surface area contributed by atoms with Gasteiger partial charge in [0.05, 0.1) is 5.56 Å². The summed E-state index contributed by atoms with van der Waals surface area (Å²) < 4.78 is 50.8. The van der Waals surface area contributed by atoms with E-state index in [2.05, 4.69) is 4.98 Å². The van der Waals surface area contributed by atoms with Crippen LogP contribution in [0.4, 0.5) is 17.6 Å². The third kappa shape index (κ3) is 2.96. The molecule has 0 saturated carbocycles. The number of aliphatic hydroxyl groups excluding tert-OH is 1. The molecule has 1 heterocycles. The first-order valence-corrected chi connectivity index (χ1v) is 5.76. The minimum Gasteiger partial charge on any atom is -0.384 e. The Morgan fingerprint density at radius 3 is 2.30 bits per heavy atom. The van der Waals surface area contributed by atoms with Gasteiger partial charge in [-0.1, -0.05) is 6.07 Å². The molecule has 20 heavy (non-hydrogen) atoms. The zero-order valence-electron chi connectivity index (χ0n) is 10.4. The van der Waals surface area contributed by atoms with Crippen molar-refractivity contribution >= 4 is 0 Å². The molecule has 1 aromatic heterocycles. The first-order chi connectivity index (χ1) is 9.29. The monoisotopic (exact) mass is 285 g/mol. The van der Waals surface area contributed by atoms with Gasteiger partial charge in [-0.2, -0.15) is 13.2 Å². The standard InChI is InChI=1S/C14H11F4NO/c1-8-6-10(4-5-19-8)13(20)9-2-3-11(12(15)7-9)14(16,17)18/h2-7,13,20H,1H3. The lowest BCUT2D eigenvalue weighted by Crippen LogP contribution is -2.09. The Balaban J connectivity index is 2.37. The van der Waals surface area contributed by atoms with E-state index in [1.165, 1.54) is 12.3 Å². The van der Waals surface area contributed by atoms with Crippen LogP contribution in [0.3, 0.4) is 0 Å². The summed E-state index contributed by atoms with van der Waals surface area (Å²) in [5, 5.41) is 10.1. The minimum absolute atomic E-state index is 0.0566. The first kappa shape index (κ1) is 14.5. The maximum absolute atomic E-state index is 13.5. The number of hydrogen-bond acceptors (Lipinski definition) is 2. The molecule has 1 aromatic carbocycles. The fourth-order valence-electron chi connectivity index (χ4n) is 1.86. The van der Waals surface area contributed by atoms with E-state index in [0.717, 1.165) is 6.07 Å². The third-order valence-corrected chi connectivity index (χ3v) is 2.85. The molecule has 0 aliphatic carbocycles. The molecule has 0 spiro atoms. The summed E-state index contributed by atoms with van der Waals surface area (Å²) in [7, 11) is 0. The number of rotatable bonds is 2. The van der Waals surface area contributed by atoms with E-state index in [1.807, 2.05) is 0 Å². The molecule has 0 aliphatic heterocycles. The zero-order valence-corrected chi connectivity index (χ0v) is 10.4. The molecule has 1 atom stereocenters. The molecule has 0 amide bonds. The molecule has 2 nitrogen and oxygen atoms in total. The Kier molecular flexibility index (Phi) is 3.76. The topological polar surface area (TPSA) is 33.1 Å². The Morgan fingerprint density at radius 1 is 1.10 bits per heavy atom. The number of nitrogens with zero attached hydrogens (tertiary/aromatic N) is 1. The van der Waals surface area contributed by atoms with E-state index in [4.69, 9.17) is 0 Å². The second-order valence-corrected chi connectivity index (χ2v) is 4.37. The summed E-state index contributed by atoms with van der Waals surface area (Å²) in [6.45, 7) is 1.71. The molecule has 0 bridgehead atoms. The Bertz CT molecular complexity index is 625. The van der Waals surface area contributed by atoms with Crippen molar-refractivity contribution in [2.75, 3.05) is 0 Å². The molecule has 0 saturated heterocycles. The number of pyridine rings is 1. The molecule has 2 rings (SSSR count). The van der Waals surface area contributed by atoms with Crippen molar-refractivity contribution in [1.82, 2.24) is 4.98 Å². The van der Waals surface area contributed by atoms with Crippen molar-refractivity contribution in [3.63, 3.8) is 0 Å².